The maximum absolute atomic E-state index is 11.9. The normalized spacial score (nSPS) is 45.8. The van der Waals surface area contributed by atoms with Gasteiger partial charge in [-0.05, 0) is 86.0 Å². The van der Waals surface area contributed by atoms with Crippen LogP contribution in [0.4, 0.5) is 0 Å². The van der Waals surface area contributed by atoms with Gasteiger partial charge in [-0.2, -0.15) is 0 Å². The van der Waals surface area contributed by atoms with Crippen molar-refractivity contribution < 1.29 is 19.8 Å². The van der Waals surface area contributed by atoms with E-state index in [1.165, 1.54) is 5.57 Å². The quantitative estimate of drug-likeness (QED) is 0.712. The van der Waals surface area contributed by atoms with Gasteiger partial charge in [-0.25, -0.2) is 0 Å². The number of ketones is 1. The molecule has 0 unspecified atom stereocenters. The molecule has 0 radical (unpaired) electrons. The Kier molecular flexibility index (Phi) is 6.26. The van der Waals surface area contributed by atoms with Crippen molar-refractivity contribution in [3.63, 3.8) is 0 Å². The van der Waals surface area contributed by atoms with Crippen LogP contribution in [-0.4, -0.2) is 79.0 Å². The molecule has 0 aromatic carbocycles. The van der Waals surface area contributed by atoms with E-state index in [-0.39, 0.29) is 68.6 Å². The Morgan fingerprint density at radius 1 is 1.11 bits per heavy atom. The van der Waals surface area contributed by atoms with E-state index in [1.54, 1.807) is 0 Å². The van der Waals surface area contributed by atoms with E-state index >= 15 is 0 Å². The molecule has 4 nitrogen and oxygen atoms in total. The average molecular weight is 401 g/mol. The number of carboxylic acid groups (broad SMARTS) is 1. The molecule has 5 heteroatoms. The SMILES string of the molecule is C[C@]12CCC(=O)C=C1CC[C@@H]1[C@@H]2CC[C@@]2(C)[C@H]1CC[C@]2(O)CCC(=O)O.[KH]. The molecule has 6 atom stereocenters. The zero-order chi connectivity index (χ0) is 18.7. The molecular formula is C22H33KO4. The van der Waals surface area contributed by atoms with Crippen LogP contribution in [0.1, 0.15) is 78.1 Å². The Bertz CT molecular complexity index is 673. The van der Waals surface area contributed by atoms with Gasteiger partial charge in [0.15, 0.2) is 5.78 Å². The second-order valence-corrected chi connectivity index (χ2v) is 9.89. The molecule has 0 saturated heterocycles. The summed E-state index contributed by atoms with van der Waals surface area (Å²) < 4.78 is 0. The third-order valence-corrected chi connectivity index (χ3v) is 9.04. The van der Waals surface area contributed by atoms with Gasteiger partial charge >= 0.3 is 57.4 Å². The number of aliphatic hydroxyl groups is 1. The van der Waals surface area contributed by atoms with Crippen molar-refractivity contribution in [2.24, 2.45) is 28.6 Å². The number of allylic oxidation sites excluding steroid dienone is 1. The number of rotatable bonds is 3. The predicted octanol–water partition coefficient (Wildman–Crippen LogP) is 3.47. The summed E-state index contributed by atoms with van der Waals surface area (Å²) in [4.78, 5) is 23.0. The van der Waals surface area contributed by atoms with Gasteiger partial charge in [-0.3, -0.25) is 9.59 Å². The van der Waals surface area contributed by atoms with Gasteiger partial charge in [0.25, 0.3) is 0 Å². The fourth-order valence-corrected chi connectivity index (χ4v) is 7.39. The van der Waals surface area contributed by atoms with Gasteiger partial charge in [-0.15, -0.1) is 0 Å². The molecule has 2 N–H and O–H groups in total. The van der Waals surface area contributed by atoms with Crippen LogP contribution in [-0.2, 0) is 9.59 Å². The number of hydrogen-bond donors (Lipinski definition) is 2. The Morgan fingerprint density at radius 3 is 2.52 bits per heavy atom. The summed E-state index contributed by atoms with van der Waals surface area (Å²) in [6.07, 6.45) is 9.98. The zero-order valence-corrected chi connectivity index (χ0v) is 16.1. The van der Waals surface area contributed by atoms with Crippen molar-refractivity contribution in [1.82, 2.24) is 0 Å². The van der Waals surface area contributed by atoms with Crippen molar-refractivity contribution in [2.75, 3.05) is 0 Å². The van der Waals surface area contributed by atoms with Crippen molar-refractivity contribution in [3.8, 4) is 0 Å². The topological polar surface area (TPSA) is 74.6 Å². The molecule has 0 aliphatic heterocycles. The Hall–Kier alpha value is 0.476. The van der Waals surface area contributed by atoms with E-state index < -0.39 is 11.6 Å². The first kappa shape index (κ1) is 22.2. The van der Waals surface area contributed by atoms with Gasteiger partial charge < -0.3 is 10.2 Å². The number of fused-ring (bicyclic) bond motifs is 5. The molecule has 4 aliphatic carbocycles. The molecule has 146 valence electrons. The summed E-state index contributed by atoms with van der Waals surface area (Å²) in [5, 5.41) is 20.5. The van der Waals surface area contributed by atoms with E-state index in [0.29, 0.717) is 36.4 Å². The van der Waals surface area contributed by atoms with E-state index in [1.807, 2.05) is 6.08 Å². The Labute approximate surface area is 205 Å². The first-order valence-corrected chi connectivity index (χ1v) is 10.4. The molecule has 3 fully saturated rings. The Morgan fingerprint density at radius 2 is 1.81 bits per heavy atom. The molecule has 0 spiro atoms. The number of carbonyl (C=O) groups is 2. The van der Waals surface area contributed by atoms with Crippen LogP contribution in [0.5, 0.6) is 0 Å². The molecule has 4 aliphatic rings. The molecule has 0 bridgehead atoms. The van der Waals surface area contributed by atoms with Gasteiger partial charge in [-0.1, -0.05) is 19.4 Å². The number of hydrogen-bond acceptors (Lipinski definition) is 3. The second kappa shape index (κ2) is 7.62. The molecule has 27 heavy (non-hydrogen) atoms. The fraction of sp³-hybridized carbons (Fsp3) is 0.818. The maximum atomic E-state index is 11.9. The monoisotopic (exact) mass is 400 g/mol. The zero-order valence-electron chi connectivity index (χ0n) is 16.1. The first-order valence-electron chi connectivity index (χ1n) is 10.4. The van der Waals surface area contributed by atoms with Crippen LogP contribution in [0.3, 0.4) is 0 Å². The van der Waals surface area contributed by atoms with Crippen LogP contribution in [0.15, 0.2) is 11.6 Å². The predicted molar refractivity (Wildman–Crippen MR) is 106 cm³/mol. The summed E-state index contributed by atoms with van der Waals surface area (Å²) in [6, 6.07) is 0. The molecular weight excluding hydrogens is 367 g/mol. The average Bonchev–Trinajstić information content (AvgIpc) is 2.86. The van der Waals surface area contributed by atoms with Crippen LogP contribution < -0.4 is 0 Å². The molecule has 0 amide bonds. The molecule has 0 aromatic rings. The summed E-state index contributed by atoms with van der Waals surface area (Å²) >= 11 is 0. The Balaban J connectivity index is 0.00000210. The molecule has 0 aromatic heterocycles. The molecule has 3 saturated carbocycles. The van der Waals surface area contributed by atoms with E-state index in [4.69, 9.17) is 5.11 Å². The van der Waals surface area contributed by atoms with Gasteiger partial charge in [0.05, 0.1) is 5.60 Å². The summed E-state index contributed by atoms with van der Waals surface area (Å²) in [6.45, 7) is 4.59. The minimum atomic E-state index is -0.833. The van der Waals surface area contributed by atoms with E-state index in [0.717, 1.165) is 44.9 Å². The number of carboxylic acids is 1. The van der Waals surface area contributed by atoms with Gasteiger partial charge in [0.1, 0.15) is 0 Å². The van der Waals surface area contributed by atoms with E-state index in [2.05, 4.69) is 13.8 Å². The third kappa shape index (κ3) is 3.38. The van der Waals surface area contributed by atoms with Crippen molar-refractivity contribution >= 4 is 63.1 Å². The van der Waals surface area contributed by atoms with Crippen LogP contribution >= 0.6 is 0 Å². The summed E-state index contributed by atoms with van der Waals surface area (Å²) in [5.74, 6) is 1.17. The molecule has 0 heterocycles. The third-order valence-electron chi connectivity index (χ3n) is 9.04. The summed E-state index contributed by atoms with van der Waals surface area (Å²) in [5.41, 5.74) is 0.532. The summed E-state index contributed by atoms with van der Waals surface area (Å²) in [7, 11) is 0. The molecule has 4 rings (SSSR count). The number of carbonyl (C=O) groups excluding carboxylic acids is 1. The van der Waals surface area contributed by atoms with Crippen LogP contribution in [0.2, 0.25) is 0 Å². The van der Waals surface area contributed by atoms with Crippen LogP contribution in [0, 0.1) is 28.6 Å². The van der Waals surface area contributed by atoms with Gasteiger partial charge in [0.2, 0.25) is 0 Å². The van der Waals surface area contributed by atoms with Crippen molar-refractivity contribution in [3.05, 3.63) is 11.6 Å². The number of aliphatic carboxylic acids is 1. The van der Waals surface area contributed by atoms with E-state index in [9.17, 15) is 14.7 Å². The fourth-order valence-electron chi connectivity index (χ4n) is 7.39. The standard InChI is InChI=1S/C22H32O4.K.H/c1-20-9-5-15(23)13-14(20)3-4-16-17(20)6-10-21(2)18(16)7-11-22(21,26)12-8-19(24)25;;/h13,16-18,26H,3-12H2,1-2H3,(H,24,25);;/t16-,17+,18+,20+,21+,22+;;/m1../s1. The van der Waals surface area contributed by atoms with Crippen LogP contribution in [0.25, 0.3) is 0 Å². The second-order valence-electron chi connectivity index (χ2n) is 9.89. The van der Waals surface area contributed by atoms with Crippen molar-refractivity contribution in [2.45, 2.75) is 83.7 Å². The van der Waals surface area contributed by atoms with Gasteiger partial charge in [0, 0.05) is 12.8 Å². The minimum absolute atomic E-state index is 0. The van der Waals surface area contributed by atoms with Crippen molar-refractivity contribution in [1.29, 1.82) is 0 Å². The first-order chi connectivity index (χ1) is 12.2.